The molecule has 0 bridgehead atoms. The Bertz CT molecular complexity index is 27.3. The first-order chi connectivity index (χ1) is 3.41. The number of rotatable bonds is 4. The molecule has 0 aromatic rings. The van der Waals surface area contributed by atoms with Crippen LogP contribution in [0.25, 0.3) is 0 Å². The average molecular weight is 210 g/mol. The highest BCUT2D eigenvalue weighted by Gasteiger charge is 1.83. The Kier molecular flexibility index (Phi) is 7.57. The lowest BCUT2D eigenvalue weighted by atomic mass is 9.99. The fraction of sp³-hybridized carbons (Fsp3) is 1.00. The largest absolute Gasteiger partial charge is 0.200 e. The molecule has 0 N–H and O–H groups in total. The maximum atomic E-state index is 2.43. The van der Waals surface area contributed by atoms with Gasteiger partial charge in [0, 0.05) is 0 Å². The van der Waals surface area contributed by atoms with E-state index in [0.29, 0.717) is 0 Å². The Hall–Kier alpha value is 0.795. The van der Waals surface area contributed by atoms with E-state index in [1.807, 2.05) is 0 Å². The number of unbranched alkanes of at least 4 members (excludes halogenated alkanes) is 2. The summed E-state index contributed by atoms with van der Waals surface area (Å²) < 4.78 is 0. The van der Waals surface area contributed by atoms with Crippen molar-refractivity contribution >= 4 is 27.5 Å². The Labute approximate surface area is 60.2 Å². The standard InChI is InChI=1S/C5H12BI/c1-2-3-4-5-6-7/h6H,2-5H2,1H3. The van der Waals surface area contributed by atoms with E-state index in [1.165, 1.54) is 30.7 Å². The van der Waals surface area contributed by atoms with Crippen LogP contribution in [-0.4, -0.2) is 5.14 Å². The van der Waals surface area contributed by atoms with Gasteiger partial charge in [0.15, 0.2) is 5.14 Å². The summed E-state index contributed by atoms with van der Waals surface area (Å²) in [6.07, 6.45) is 5.62. The molecule has 0 atom stereocenters. The zero-order valence-corrected chi connectivity index (χ0v) is 7.07. The minimum Gasteiger partial charge on any atom is -0.155 e. The van der Waals surface area contributed by atoms with E-state index in [1.54, 1.807) is 0 Å². The summed E-state index contributed by atoms with van der Waals surface area (Å²) in [5.41, 5.74) is 0. The van der Waals surface area contributed by atoms with E-state index in [2.05, 4.69) is 29.3 Å². The van der Waals surface area contributed by atoms with E-state index < -0.39 is 0 Å². The first kappa shape index (κ1) is 7.79. The molecule has 7 heavy (non-hydrogen) atoms. The summed E-state index contributed by atoms with van der Waals surface area (Å²) in [5, 5.41) is 1.33. The van der Waals surface area contributed by atoms with Crippen LogP contribution in [0.15, 0.2) is 0 Å². The van der Waals surface area contributed by atoms with Gasteiger partial charge in [-0.15, -0.1) is 0 Å². The first-order valence-electron chi connectivity index (χ1n) is 2.97. The van der Waals surface area contributed by atoms with Crippen molar-refractivity contribution < 1.29 is 0 Å². The van der Waals surface area contributed by atoms with Crippen LogP contribution in [0.1, 0.15) is 26.2 Å². The van der Waals surface area contributed by atoms with Gasteiger partial charge >= 0.3 is 0 Å². The third-order valence-electron chi connectivity index (χ3n) is 0.987. The fourth-order valence-electron chi connectivity index (χ4n) is 0.521. The monoisotopic (exact) mass is 210 g/mol. The summed E-state index contributed by atoms with van der Waals surface area (Å²) in [7, 11) is 0. The molecule has 0 nitrogen and oxygen atoms in total. The molecule has 0 rings (SSSR count). The van der Waals surface area contributed by atoms with Gasteiger partial charge in [0.05, 0.1) is 0 Å². The van der Waals surface area contributed by atoms with Crippen molar-refractivity contribution in [3.63, 3.8) is 0 Å². The van der Waals surface area contributed by atoms with Crippen molar-refractivity contribution in [3.05, 3.63) is 0 Å². The van der Waals surface area contributed by atoms with Gasteiger partial charge in [-0.3, -0.25) is 0 Å². The van der Waals surface area contributed by atoms with E-state index in [-0.39, 0.29) is 0 Å². The lowest BCUT2D eigenvalue weighted by Crippen LogP contribution is -1.75. The number of hydrogen-bond donors (Lipinski definition) is 0. The smallest absolute Gasteiger partial charge is 0.155 e. The molecule has 0 spiro atoms. The molecule has 2 heteroatoms. The van der Waals surface area contributed by atoms with Crippen molar-refractivity contribution in [2.24, 2.45) is 0 Å². The quantitative estimate of drug-likeness (QED) is 0.379. The van der Waals surface area contributed by atoms with Crippen LogP contribution >= 0.6 is 22.4 Å². The summed E-state index contributed by atoms with van der Waals surface area (Å²) >= 11 is 2.43. The van der Waals surface area contributed by atoms with Crippen LogP contribution in [0, 0.1) is 0 Å². The molecule has 0 radical (unpaired) electrons. The summed E-state index contributed by atoms with van der Waals surface area (Å²) in [6, 6.07) is 0. The molecule has 42 valence electrons. The second-order valence-corrected chi connectivity index (χ2v) is 2.83. The lowest BCUT2D eigenvalue weighted by Gasteiger charge is -1.88. The molecular formula is C5H12BI. The average Bonchev–Trinajstić information content (AvgIpc) is 1.69. The topological polar surface area (TPSA) is 0 Å². The molecule has 0 saturated carbocycles. The van der Waals surface area contributed by atoms with Gasteiger partial charge in [-0.2, -0.15) is 22.4 Å². The van der Waals surface area contributed by atoms with Crippen molar-refractivity contribution in [1.29, 1.82) is 0 Å². The van der Waals surface area contributed by atoms with Crippen LogP contribution in [0.5, 0.6) is 0 Å². The van der Waals surface area contributed by atoms with Crippen LogP contribution < -0.4 is 0 Å². The van der Waals surface area contributed by atoms with Crippen molar-refractivity contribution in [2.75, 3.05) is 0 Å². The molecule has 0 aliphatic heterocycles. The van der Waals surface area contributed by atoms with Crippen LogP contribution in [0.2, 0.25) is 6.32 Å². The molecule has 0 aromatic carbocycles. The van der Waals surface area contributed by atoms with Crippen LogP contribution in [-0.2, 0) is 0 Å². The van der Waals surface area contributed by atoms with Crippen LogP contribution in [0.4, 0.5) is 0 Å². The third-order valence-corrected chi connectivity index (χ3v) is 1.75. The highest BCUT2D eigenvalue weighted by atomic mass is 127. The van der Waals surface area contributed by atoms with Gasteiger partial charge in [-0.05, 0) is 0 Å². The van der Waals surface area contributed by atoms with Crippen molar-refractivity contribution in [3.8, 4) is 0 Å². The van der Waals surface area contributed by atoms with Gasteiger partial charge in [-0.1, -0.05) is 32.5 Å². The Morgan fingerprint density at radius 2 is 2.14 bits per heavy atom. The highest BCUT2D eigenvalue weighted by Crippen LogP contribution is 1.99. The molecule has 0 aliphatic carbocycles. The summed E-state index contributed by atoms with van der Waals surface area (Å²) in [4.78, 5) is 0. The summed E-state index contributed by atoms with van der Waals surface area (Å²) in [5.74, 6) is 0. The SMILES string of the molecule is CCCCCBI. The van der Waals surface area contributed by atoms with Crippen molar-refractivity contribution in [1.82, 2.24) is 0 Å². The highest BCUT2D eigenvalue weighted by molar-refractivity contribution is 14.1. The number of halogens is 1. The minimum absolute atomic E-state index is 1.33. The predicted molar refractivity (Wildman–Crippen MR) is 45.5 cm³/mol. The molecule has 0 aromatic heterocycles. The second-order valence-electron chi connectivity index (χ2n) is 1.75. The van der Waals surface area contributed by atoms with Gasteiger partial charge < -0.3 is 0 Å². The number of hydrogen-bond acceptors (Lipinski definition) is 0. The van der Waals surface area contributed by atoms with E-state index in [0.717, 1.165) is 0 Å². The van der Waals surface area contributed by atoms with Crippen molar-refractivity contribution in [2.45, 2.75) is 32.5 Å². The molecule has 0 unspecified atom stereocenters. The zero-order chi connectivity index (χ0) is 5.54. The lowest BCUT2D eigenvalue weighted by molar-refractivity contribution is 0.771. The third kappa shape index (κ3) is 6.79. The second kappa shape index (κ2) is 6.79. The molecule has 0 saturated heterocycles. The van der Waals surface area contributed by atoms with Crippen LogP contribution in [0.3, 0.4) is 0 Å². The van der Waals surface area contributed by atoms with E-state index >= 15 is 0 Å². The maximum Gasteiger partial charge on any atom is 0.200 e. The first-order valence-corrected chi connectivity index (χ1v) is 4.50. The minimum atomic E-state index is 1.33. The summed E-state index contributed by atoms with van der Waals surface area (Å²) in [6.45, 7) is 2.24. The maximum absolute atomic E-state index is 2.43. The normalized spacial score (nSPS) is 8.86. The molecule has 0 amide bonds. The Morgan fingerprint density at radius 3 is 2.57 bits per heavy atom. The Morgan fingerprint density at radius 1 is 1.43 bits per heavy atom. The zero-order valence-electron chi connectivity index (χ0n) is 4.91. The molecule has 0 aliphatic rings. The van der Waals surface area contributed by atoms with Gasteiger partial charge in [-0.25, -0.2) is 0 Å². The predicted octanol–water partition coefficient (Wildman–Crippen LogP) is 2.38. The van der Waals surface area contributed by atoms with Gasteiger partial charge in [0.2, 0.25) is 0 Å². The van der Waals surface area contributed by atoms with Gasteiger partial charge in [0.25, 0.3) is 0 Å². The van der Waals surface area contributed by atoms with Gasteiger partial charge in [0.1, 0.15) is 0 Å². The molecule has 0 heterocycles. The van der Waals surface area contributed by atoms with E-state index in [9.17, 15) is 0 Å². The molecular weight excluding hydrogens is 198 g/mol. The Balaban J connectivity index is 2.45. The van der Waals surface area contributed by atoms with E-state index in [4.69, 9.17) is 0 Å². The fourth-order valence-corrected chi connectivity index (χ4v) is 1.06. The molecule has 0 fully saturated rings.